The van der Waals surface area contributed by atoms with E-state index >= 15 is 0 Å². The molecule has 0 aromatic carbocycles. The molecule has 0 aliphatic heterocycles. The lowest BCUT2D eigenvalue weighted by atomic mass is 10.4. The third kappa shape index (κ3) is 0.935. The van der Waals surface area contributed by atoms with E-state index in [0.29, 0.717) is 5.02 Å². The van der Waals surface area contributed by atoms with Gasteiger partial charge in [0.25, 0.3) is 0 Å². The van der Waals surface area contributed by atoms with Crippen LogP contribution in [0.2, 0.25) is 5.02 Å². The third-order valence-electron chi connectivity index (χ3n) is 1.44. The molecule has 0 saturated heterocycles. The Balaban J connectivity index is 2.91. The number of rotatable bonds is 0. The van der Waals surface area contributed by atoms with E-state index in [-0.39, 0.29) is 5.75 Å². The Morgan fingerprint density at radius 2 is 2.36 bits per heavy atom. The Bertz CT molecular complexity index is 396. The Labute approximate surface area is 67.8 Å². The lowest BCUT2D eigenvalue weighted by molar-refractivity contribution is 0.471. The standard InChI is InChI=1S/C7H5ClN2O/c8-6-3-5(11)4-10-7(6)1-2-9-10/h1-4,11H. The highest BCUT2D eigenvalue weighted by Gasteiger charge is 2.00. The van der Waals surface area contributed by atoms with E-state index in [9.17, 15) is 0 Å². The van der Waals surface area contributed by atoms with E-state index in [1.165, 1.54) is 16.8 Å². The largest absolute Gasteiger partial charge is 0.506 e. The van der Waals surface area contributed by atoms with Crippen LogP contribution in [0.5, 0.6) is 5.75 Å². The predicted octanol–water partition coefficient (Wildman–Crippen LogP) is 1.69. The van der Waals surface area contributed by atoms with Gasteiger partial charge in [-0.1, -0.05) is 11.6 Å². The summed E-state index contributed by atoms with van der Waals surface area (Å²) in [5.41, 5.74) is 0.796. The Morgan fingerprint density at radius 3 is 3.18 bits per heavy atom. The number of aromatic nitrogens is 2. The summed E-state index contributed by atoms with van der Waals surface area (Å²) in [4.78, 5) is 0. The summed E-state index contributed by atoms with van der Waals surface area (Å²) in [6, 6.07) is 3.26. The fourth-order valence-electron chi connectivity index (χ4n) is 0.973. The van der Waals surface area contributed by atoms with Gasteiger partial charge in [-0.15, -0.1) is 0 Å². The van der Waals surface area contributed by atoms with Crippen LogP contribution in [-0.4, -0.2) is 14.7 Å². The molecule has 11 heavy (non-hydrogen) atoms. The van der Waals surface area contributed by atoms with Gasteiger partial charge < -0.3 is 5.11 Å². The molecule has 2 rings (SSSR count). The topological polar surface area (TPSA) is 37.5 Å². The lowest BCUT2D eigenvalue weighted by Crippen LogP contribution is -1.85. The zero-order chi connectivity index (χ0) is 7.84. The molecule has 0 saturated carbocycles. The quantitative estimate of drug-likeness (QED) is 0.650. The molecule has 0 unspecified atom stereocenters. The molecule has 0 bridgehead atoms. The summed E-state index contributed by atoms with van der Waals surface area (Å²) in [5.74, 6) is 0.117. The molecular weight excluding hydrogens is 164 g/mol. The average Bonchev–Trinajstić information content (AvgIpc) is 2.34. The van der Waals surface area contributed by atoms with Gasteiger partial charge >= 0.3 is 0 Å². The second-order valence-electron chi connectivity index (χ2n) is 2.21. The minimum atomic E-state index is 0.117. The van der Waals surface area contributed by atoms with Crippen molar-refractivity contribution in [3.05, 3.63) is 29.5 Å². The molecule has 0 radical (unpaired) electrons. The first kappa shape index (κ1) is 6.49. The van der Waals surface area contributed by atoms with E-state index in [4.69, 9.17) is 16.7 Å². The molecule has 0 atom stereocenters. The molecule has 56 valence electrons. The van der Waals surface area contributed by atoms with Crippen LogP contribution in [0.25, 0.3) is 5.52 Å². The summed E-state index contributed by atoms with van der Waals surface area (Å²) < 4.78 is 1.53. The second kappa shape index (κ2) is 2.13. The number of hydrogen-bond donors (Lipinski definition) is 1. The van der Waals surface area contributed by atoms with Crippen molar-refractivity contribution < 1.29 is 5.11 Å². The summed E-state index contributed by atoms with van der Waals surface area (Å²) in [7, 11) is 0. The maximum absolute atomic E-state index is 9.08. The highest BCUT2D eigenvalue weighted by molar-refractivity contribution is 6.33. The summed E-state index contributed by atoms with van der Waals surface area (Å²) in [6.07, 6.45) is 3.13. The fourth-order valence-corrected chi connectivity index (χ4v) is 1.23. The monoisotopic (exact) mass is 168 g/mol. The van der Waals surface area contributed by atoms with Crippen molar-refractivity contribution in [2.45, 2.75) is 0 Å². The van der Waals surface area contributed by atoms with Crippen molar-refractivity contribution >= 4 is 17.1 Å². The number of nitrogens with zero attached hydrogens (tertiary/aromatic N) is 2. The summed E-state index contributed by atoms with van der Waals surface area (Å²) >= 11 is 5.78. The Morgan fingerprint density at radius 1 is 1.55 bits per heavy atom. The van der Waals surface area contributed by atoms with Crippen LogP contribution >= 0.6 is 11.6 Å². The molecule has 2 heterocycles. The van der Waals surface area contributed by atoms with Crippen LogP contribution in [-0.2, 0) is 0 Å². The molecule has 2 aromatic heterocycles. The molecule has 0 aliphatic rings. The first-order valence-electron chi connectivity index (χ1n) is 3.09. The van der Waals surface area contributed by atoms with Crippen LogP contribution < -0.4 is 0 Å². The van der Waals surface area contributed by atoms with Gasteiger partial charge in [0.1, 0.15) is 5.75 Å². The van der Waals surface area contributed by atoms with Gasteiger partial charge in [-0.3, -0.25) is 0 Å². The summed E-state index contributed by atoms with van der Waals surface area (Å²) in [6.45, 7) is 0. The smallest absolute Gasteiger partial charge is 0.135 e. The maximum Gasteiger partial charge on any atom is 0.135 e. The van der Waals surface area contributed by atoms with Crippen molar-refractivity contribution in [1.82, 2.24) is 9.61 Å². The number of pyridine rings is 1. The van der Waals surface area contributed by atoms with Crippen LogP contribution in [0.1, 0.15) is 0 Å². The van der Waals surface area contributed by atoms with E-state index < -0.39 is 0 Å². The third-order valence-corrected chi connectivity index (χ3v) is 1.75. The van der Waals surface area contributed by atoms with E-state index in [2.05, 4.69) is 5.10 Å². The molecule has 0 amide bonds. The minimum Gasteiger partial charge on any atom is -0.506 e. The molecule has 3 nitrogen and oxygen atoms in total. The first-order chi connectivity index (χ1) is 5.27. The van der Waals surface area contributed by atoms with Crippen molar-refractivity contribution in [2.24, 2.45) is 0 Å². The van der Waals surface area contributed by atoms with Gasteiger partial charge in [0.15, 0.2) is 0 Å². The number of halogens is 1. The van der Waals surface area contributed by atoms with Crippen LogP contribution in [0, 0.1) is 0 Å². The highest BCUT2D eigenvalue weighted by Crippen LogP contribution is 2.21. The Kier molecular flexibility index (Phi) is 1.26. The van der Waals surface area contributed by atoms with Crippen LogP contribution in [0.15, 0.2) is 24.5 Å². The molecular formula is C7H5ClN2O. The SMILES string of the molecule is Oc1cc(Cl)c2ccnn2c1. The number of aromatic hydroxyl groups is 1. The highest BCUT2D eigenvalue weighted by atomic mass is 35.5. The van der Waals surface area contributed by atoms with Crippen LogP contribution in [0.3, 0.4) is 0 Å². The van der Waals surface area contributed by atoms with Crippen molar-refractivity contribution in [1.29, 1.82) is 0 Å². The molecule has 2 aromatic rings. The van der Waals surface area contributed by atoms with Gasteiger partial charge in [-0.2, -0.15) is 5.10 Å². The van der Waals surface area contributed by atoms with Crippen molar-refractivity contribution in [2.75, 3.05) is 0 Å². The van der Waals surface area contributed by atoms with E-state index in [0.717, 1.165) is 5.52 Å². The molecule has 0 fully saturated rings. The van der Waals surface area contributed by atoms with Gasteiger partial charge in [-0.25, -0.2) is 4.52 Å². The van der Waals surface area contributed by atoms with E-state index in [1.807, 2.05) is 0 Å². The molecule has 0 spiro atoms. The molecule has 0 aliphatic carbocycles. The normalized spacial score (nSPS) is 10.6. The van der Waals surface area contributed by atoms with Crippen LogP contribution in [0.4, 0.5) is 0 Å². The number of hydrogen-bond acceptors (Lipinski definition) is 2. The predicted molar refractivity (Wildman–Crippen MR) is 41.9 cm³/mol. The van der Waals surface area contributed by atoms with E-state index in [1.54, 1.807) is 12.3 Å². The molecule has 4 heteroatoms. The zero-order valence-corrected chi connectivity index (χ0v) is 6.28. The number of fused-ring (bicyclic) bond motifs is 1. The van der Waals surface area contributed by atoms with Gasteiger partial charge in [0.05, 0.1) is 22.9 Å². The lowest BCUT2D eigenvalue weighted by Gasteiger charge is -1.96. The first-order valence-corrected chi connectivity index (χ1v) is 3.47. The fraction of sp³-hybridized carbons (Fsp3) is 0. The second-order valence-corrected chi connectivity index (χ2v) is 2.61. The van der Waals surface area contributed by atoms with Crippen molar-refractivity contribution in [3.63, 3.8) is 0 Å². The van der Waals surface area contributed by atoms with Gasteiger partial charge in [0, 0.05) is 6.07 Å². The summed E-state index contributed by atoms with van der Waals surface area (Å²) in [5, 5.41) is 13.5. The average molecular weight is 169 g/mol. The van der Waals surface area contributed by atoms with Gasteiger partial charge in [0.2, 0.25) is 0 Å². The molecule has 1 N–H and O–H groups in total. The van der Waals surface area contributed by atoms with Crippen molar-refractivity contribution in [3.8, 4) is 5.75 Å². The zero-order valence-electron chi connectivity index (χ0n) is 5.53. The van der Waals surface area contributed by atoms with Gasteiger partial charge in [-0.05, 0) is 6.07 Å². The maximum atomic E-state index is 9.08. The minimum absolute atomic E-state index is 0.117. The Hall–Kier alpha value is -1.22.